The molecule has 10 heteroatoms. The zero-order valence-corrected chi connectivity index (χ0v) is 9.65. The highest BCUT2D eigenvalue weighted by molar-refractivity contribution is 7.94. The molecule has 0 saturated heterocycles. The summed E-state index contributed by atoms with van der Waals surface area (Å²) in [6, 6.07) is 0. The van der Waals surface area contributed by atoms with Gasteiger partial charge in [-0.25, -0.2) is 0 Å². The molecule has 0 aliphatic heterocycles. The summed E-state index contributed by atoms with van der Waals surface area (Å²) in [5, 5.41) is 0. The minimum atomic E-state index is -4.11. The van der Waals surface area contributed by atoms with Gasteiger partial charge in [-0.3, -0.25) is 4.57 Å². The van der Waals surface area contributed by atoms with Crippen molar-refractivity contribution in [1.82, 2.24) is 0 Å². The predicted octanol–water partition coefficient (Wildman–Crippen LogP) is -0.238. The maximum Gasteiger partial charge on any atom is 0.356 e. The quantitative estimate of drug-likeness (QED) is 0.636. The molecule has 0 aromatic heterocycles. The molecule has 0 bridgehead atoms. The first kappa shape index (κ1) is 13.1. The molecule has 0 spiro atoms. The molecule has 0 radical (unpaired) electrons. The topological polar surface area (TPSA) is 104 Å². The summed E-state index contributed by atoms with van der Waals surface area (Å²) < 4.78 is 60.8. The molecule has 80 valence electrons. The van der Waals surface area contributed by atoms with Crippen LogP contribution >= 0.6 is 7.60 Å². The molecule has 13 heavy (non-hydrogen) atoms. The van der Waals surface area contributed by atoms with Crippen LogP contribution in [0, 0.1) is 0 Å². The zero-order chi connectivity index (χ0) is 10.9. The van der Waals surface area contributed by atoms with E-state index in [1.54, 1.807) is 0 Å². The van der Waals surface area contributed by atoms with Crippen molar-refractivity contribution in [3.63, 3.8) is 0 Å². The van der Waals surface area contributed by atoms with Gasteiger partial charge in [-0.05, 0) is 0 Å². The average Bonchev–Trinajstić information content (AvgIpc) is 1.43. The minimum absolute atomic E-state index is 0.634. The van der Waals surface area contributed by atoms with Crippen LogP contribution < -0.4 is 0 Å². The Morgan fingerprint density at radius 3 is 1.31 bits per heavy atom. The van der Waals surface area contributed by atoms with E-state index in [-0.39, 0.29) is 0 Å². The Hall–Kier alpha value is 0.0500. The Bertz CT molecular complexity index is 379. The van der Waals surface area contributed by atoms with Crippen LogP contribution in [0.1, 0.15) is 0 Å². The Morgan fingerprint density at radius 2 is 1.15 bits per heavy atom. The lowest BCUT2D eigenvalue weighted by molar-refractivity contribution is 0.390. The van der Waals surface area contributed by atoms with E-state index < -0.39 is 27.8 Å². The molecule has 0 aliphatic rings. The van der Waals surface area contributed by atoms with Gasteiger partial charge in [-0.1, -0.05) is 0 Å². The SMILES string of the molecule is CP(=O)(OS(C)(=O)=O)OS(C)(=O)=O. The molecular formula is C3H9O7PS2. The summed E-state index contributed by atoms with van der Waals surface area (Å²) in [5.74, 6) is 0. The first-order valence-corrected chi connectivity index (χ1v) is 8.43. The maximum atomic E-state index is 11.0. The molecule has 0 amide bonds. The molecule has 0 aromatic carbocycles. The van der Waals surface area contributed by atoms with Crippen LogP contribution in [0.25, 0.3) is 0 Å². The van der Waals surface area contributed by atoms with E-state index in [4.69, 9.17) is 0 Å². The molecule has 0 N–H and O–H groups in total. The molecular weight excluding hydrogens is 243 g/mol. The fourth-order valence-electron chi connectivity index (χ4n) is 0.504. The highest BCUT2D eigenvalue weighted by Crippen LogP contribution is 2.46. The highest BCUT2D eigenvalue weighted by atomic mass is 32.2. The molecule has 0 saturated carbocycles. The smallest absolute Gasteiger partial charge is 0.258 e. The van der Waals surface area contributed by atoms with Crippen molar-refractivity contribution in [3.8, 4) is 0 Å². The van der Waals surface area contributed by atoms with E-state index in [1.165, 1.54) is 0 Å². The van der Waals surface area contributed by atoms with Gasteiger partial charge in [0.25, 0.3) is 20.2 Å². The number of hydrogen-bond acceptors (Lipinski definition) is 7. The monoisotopic (exact) mass is 252 g/mol. The summed E-state index contributed by atoms with van der Waals surface area (Å²) in [6.45, 7) is 0.745. The largest absolute Gasteiger partial charge is 0.356 e. The number of hydrogen-bond donors (Lipinski definition) is 0. The van der Waals surface area contributed by atoms with Gasteiger partial charge in [0.1, 0.15) is 0 Å². The van der Waals surface area contributed by atoms with E-state index in [0.717, 1.165) is 6.66 Å². The molecule has 0 fully saturated rings. The standard InChI is InChI=1S/C3H9O7PS2/c1-11(4,9-12(2,5)6)10-13(3,7)8/h1-3H3. The van der Waals surface area contributed by atoms with Crippen molar-refractivity contribution in [3.05, 3.63) is 0 Å². The van der Waals surface area contributed by atoms with Gasteiger partial charge in [0.05, 0.1) is 12.5 Å². The Kier molecular flexibility index (Phi) is 3.67. The van der Waals surface area contributed by atoms with Crippen LogP contribution in [0.4, 0.5) is 0 Å². The van der Waals surface area contributed by atoms with E-state index in [0.29, 0.717) is 12.5 Å². The second-order valence-corrected chi connectivity index (χ2v) is 7.88. The van der Waals surface area contributed by atoms with E-state index in [9.17, 15) is 21.4 Å². The normalized spacial score (nSPS) is 14.4. The van der Waals surface area contributed by atoms with E-state index in [1.807, 2.05) is 0 Å². The van der Waals surface area contributed by atoms with Crippen molar-refractivity contribution in [1.29, 1.82) is 0 Å². The van der Waals surface area contributed by atoms with Crippen LogP contribution in [-0.4, -0.2) is 36.0 Å². The Labute approximate surface area is 76.8 Å². The maximum absolute atomic E-state index is 11.0. The molecule has 0 aliphatic carbocycles. The third kappa shape index (κ3) is 8.38. The molecule has 0 aromatic rings. The van der Waals surface area contributed by atoms with Crippen LogP contribution in [0.2, 0.25) is 0 Å². The number of rotatable bonds is 4. The first-order valence-electron chi connectivity index (χ1n) is 2.81. The van der Waals surface area contributed by atoms with Crippen molar-refractivity contribution < 1.29 is 29.3 Å². The molecule has 0 heterocycles. The summed E-state index contributed by atoms with van der Waals surface area (Å²) in [6.07, 6.45) is 1.27. The summed E-state index contributed by atoms with van der Waals surface area (Å²) in [5.41, 5.74) is 0. The summed E-state index contributed by atoms with van der Waals surface area (Å²) in [4.78, 5) is 0. The van der Waals surface area contributed by atoms with Gasteiger partial charge in [0.2, 0.25) is 0 Å². The molecule has 7 nitrogen and oxygen atoms in total. The summed E-state index contributed by atoms with van der Waals surface area (Å²) >= 11 is 0. The van der Waals surface area contributed by atoms with Crippen LogP contribution in [0.15, 0.2) is 0 Å². The fourth-order valence-corrected chi connectivity index (χ4v) is 4.76. The van der Waals surface area contributed by atoms with Gasteiger partial charge in [-0.2, -0.15) is 24.8 Å². The average molecular weight is 252 g/mol. The Balaban J connectivity index is 4.74. The van der Waals surface area contributed by atoms with Crippen molar-refractivity contribution in [2.45, 2.75) is 0 Å². The van der Waals surface area contributed by atoms with Gasteiger partial charge in [0, 0.05) is 6.66 Å². The van der Waals surface area contributed by atoms with Gasteiger partial charge in [-0.15, -0.1) is 0 Å². The van der Waals surface area contributed by atoms with Crippen molar-refractivity contribution >= 4 is 27.8 Å². The van der Waals surface area contributed by atoms with Crippen LogP contribution in [0.5, 0.6) is 0 Å². The lowest BCUT2D eigenvalue weighted by Crippen LogP contribution is -2.06. The van der Waals surface area contributed by atoms with Crippen molar-refractivity contribution in [2.24, 2.45) is 0 Å². The Morgan fingerprint density at radius 1 is 0.923 bits per heavy atom. The third-order valence-electron chi connectivity index (χ3n) is 0.542. The highest BCUT2D eigenvalue weighted by Gasteiger charge is 2.28. The van der Waals surface area contributed by atoms with Gasteiger partial charge < -0.3 is 0 Å². The minimum Gasteiger partial charge on any atom is -0.258 e. The lowest BCUT2D eigenvalue weighted by Gasteiger charge is -2.09. The van der Waals surface area contributed by atoms with E-state index >= 15 is 0 Å². The first-order chi connectivity index (χ1) is 5.41. The second-order valence-electron chi connectivity index (χ2n) is 2.33. The lowest BCUT2D eigenvalue weighted by atomic mass is 12.0. The molecule has 0 unspecified atom stereocenters. The fraction of sp³-hybridized carbons (Fsp3) is 1.00. The van der Waals surface area contributed by atoms with E-state index in [2.05, 4.69) is 7.94 Å². The molecule has 0 atom stereocenters. The van der Waals surface area contributed by atoms with Crippen LogP contribution in [0.3, 0.4) is 0 Å². The van der Waals surface area contributed by atoms with Gasteiger partial charge in [0.15, 0.2) is 0 Å². The second kappa shape index (κ2) is 3.66. The molecule has 0 rings (SSSR count). The third-order valence-corrected chi connectivity index (χ3v) is 4.87. The zero-order valence-electron chi connectivity index (χ0n) is 7.12. The van der Waals surface area contributed by atoms with Crippen LogP contribution in [-0.2, 0) is 32.7 Å². The summed E-state index contributed by atoms with van der Waals surface area (Å²) in [7, 11) is -12.1. The predicted molar refractivity (Wildman–Crippen MR) is 45.4 cm³/mol. The van der Waals surface area contributed by atoms with Gasteiger partial charge >= 0.3 is 7.60 Å². The van der Waals surface area contributed by atoms with Crippen molar-refractivity contribution in [2.75, 3.05) is 19.2 Å².